The number of aliphatic imine (C=N–C) groups is 1. The summed E-state index contributed by atoms with van der Waals surface area (Å²) in [5.41, 5.74) is 12.9. The van der Waals surface area contributed by atoms with Crippen LogP contribution in [0.15, 0.2) is 63.3 Å². The van der Waals surface area contributed by atoms with Gasteiger partial charge in [0.05, 0.1) is 25.5 Å². The average Bonchev–Trinajstić information content (AvgIpc) is 2.94. The summed E-state index contributed by atoms with van der Waals surface area (Å²) in [4.78, 5) is 6.05. The standard InChI is InChI=1S/C21H27N5O8S/c22-18(23)19(28,29)25(9-11-34-12-10-27)20(30,31)21(32,33)26(18)17-13-5-1-3-7-15(13)35-16-8-4-2-6-14(16)24-17/h1-8,27-33H,9-12,22-23H2. The highest BCUT2D eigenvalue weighted by atomic mass is 32.2. The molecule has 4 rings (SSSR count). The lowest BCUT2D eigenvalue weighted by atomic mass is 10.00. The maximum absolute atomic E-state index is 11.1. The number of hydrogen-bond donors (Lipinski definition) is 9. The summed E-state index contributed by atoms with van der Waals surface area (Å²) < 4.78 is 5.03. The summed E-state index contributed by atoms with van der Waals surface area (Å²) in [7, 11) is 0. The van der Waals surface area contributed by atoms with E-state index in [-0.39, 0.29) is 41.0 Å². The highest BCUT2D eigenvalue weighted by Crippen LogP contribution is 2.46. The number of nitrogens with two attached hydrogens (primary N) is 2. The molecule has 11 N–H and O–H groups in total. The molecule has 2 aromatic carbocycles. The van der Waals surface area contributed by atoms with E-state index in [1.807, 2.05) is 0 Å². The largest absolute Gasteiger partial charge is 0.394 e. The fraction of sp³-hybridized carbons (Fsp3) is 0.381. The number of fused-ring (bicyclic) bond motifs is 2. The Labute approximate surface area is 204 Å². The minimum Gasteiger partial charge on any atom is -0.394 e. The number of hydrogen-bond acceptors (Lipinski definition) is 14. The normalized spacial score (nSPS) is 22.1. The van der Waals surface area contributed by atoms with Gasteiger partial charge in [-0.05, 0) is 18.2 Å². The number of rotatable bonds is 5. The minimum atomic E-state index is -3.75. The summed E-state index contributed by atoms with van der Waals surface area (Å²) in [5.74, 6) is -14.3. The third kappa shape index (κ3) is 4.03. The molecule has 0 unspecified atom stereocenters. The SMILES string of the molecule is NC1(N)N(C2=Nc3ccccc3Sc3ccccc32)C(O)(O)C(O)(O)N(CCOCCO)C1(O)O. The predicted octanol–water partition coefficient (Wildman–Crippen LogP) is -2.66. The maximum Gasteiger partial charge on any atom is 0.324 e. The van der Waals surface area contributed by atoms with E-state index in [1.165, 1.54) is 11.8 Å². The Hall–Kier alpha value is -2.18. The zero-order valence-electron chi connectivity index (χ0n) is 18.4. The van der Waals surface area contributed by atoms with Crippen LogP contribution >= 0.6 is 11.8 Å². The number of nitrogens with zero attached hydrogens (tertiary/aromatic N) is 3. The van der Waals surface area contributed by atoms with Crippen LogP contribution in [0, 0.1) is 0 Å². The molecule has 2 aliphatic heterocycles. The van der Waals surface area contributed by atoms with E-state index < -0.39 is 30.1 Å². The monoisotopic (exact) mass is 509 g/mol. The van der Waals surface area contributed by atoms with Crippen molar-refractivity contribution in [2.24, 2.45) is 16.5 Å². The molecule has 0 aliphatic carbocycles. The van der Waals surface area contributed by atoms with E-state index >= 15 is 0 Å². The first-order chi connectivity index (χ1) is 16.4. The average molecular weight is 510 g/mol. The second-order valence-electron chi connectivity index (χ2n) is 8.06. The fourth-order valence-corrected chi connectivity index (χ4v) is 4.99. The van der Waals surface area contributed by atoms with Crippen molar-refractivity contribution in [3.63, 3.8) is 0 Å². The van der Waals surface area contributed by atoms with Crippen molar-refractivity contribution in [1.82, 2.24) is 9.80 Å². The van der Waals surface area contributed by atoms with Crippen molar-refractivity contribution in [2.45, 2.75) is 33.3 Å². The molecule has 0 bridgehead atoms. The van der Waals surface area contributed by atoms with E-state index in [4.69, 9.17) is 21.3 Å². The summed E-state index contributed by atoms with van der Waals surface area (Å²) >= 11 is 1.30. The van der Waals surface area contributed by atoms with Gasteiger partial charge in [-0.2, -0.15) is 4.90 Å². The van der Waals surface area contributed by atoms with Crippen LogP contribution in [0.3, 0.4) is 0 Å². The number of aliphatic hydroxyl groups excluding tert-OH is 1. The number of amidine groups is 1. The van der Waals surface area contributed by atoms with Crippen molar-refractivity contribution in [3.8, 4) is 0 Å². The Morgan fingerprint density at radius 1 is 0.829 bits per heavy atom. The van der Waals surface area contributed by atoms with Crippen LogP contribution < -0.4 is 11.5 Å². The lowest BCUT2D eigenvalue weighted by molar-refractivity contribution is -0.545. The third-order valence-electron chi connectivity index (χ3n) is 5.77. The molecule has 0 atom stereocenters. The topological polar surface area (TPSA) is 222 Å². The number of aliphatic hydroxyl groups is 7. The highest BCUT2D eigenvalue weighted by molar-refractivity contribution is 7.99. The van der Waals surface area contributed by atoms with Gasteiger partial charge in [-0.15, -0.1) is 0 Å². The summed E-state index contributed by atoms with van der Waals surface area (Å²) in [6, 6.07) is 13.5. The van der Waals surface area contributed by atoms with E-state index in [0.717, 1.165) is 0 Å². The second-order valence-corrected chi connectivity index (χ2v) is 9.14. The van der Waals surface area contributed by atoms with Crippen LogP contribution in [0.4, 0.5) is 5.69 Å². The first-order valence-corrected chi connectivity index (χ1v) is 11.3. The van der Waals surface area contributed by atoms with Crippen LogP contribution in [-0.2, 0) is 4.74 Å². The summed E-state index contributed by atoms with van der Waals surface area (Å²) in [6.07, 6.45) is 0. The Morgan fingerprint density at radius 2 is 1.46 bits per heavy atom. The van der Waals surface area contributed by atoms with Gasteiger partial charge in [0.15, 0.2) is 0 Å². The Morgan fingerprint density at radius 3 is 2.14 bits per heavy atom. The van der Waals surface area contributed by atoms with Crippen molar-refractivity contribution < 1.29 is 40.5 Å². The quantitative estimate of drug-likeness (QED) is 0.148. The lowest BCUT2D eigenvalue weighted by Gasteiger charge is -2.63. The first kappa shape index (κ1) is 25.9. The molecule has 0 amide bonds. The molecule has 13 nitrogen and oxygen atoms in total. The van der Waals surface area contributed by atoms with Gasteiger partial charge in [0.2, 0.25) is 5.79 Å². The van der Waals surface area contributed by atoms with Crippen molar-refractivity contribution in [1.29, 1.82) is 0 Å². The fourth-order valence-electron chi connectivity index (χ4n) is 3.97. The van der Waals surface area contributed by atoms with E-state index in [0.29, 0.717) is 15.5 Å². The van der Waals surface area contributed by atoms with Gasteiger partial charge < -0.3 is 40.5 Å². The van der Waals surface area contributed by atoms with Crippen molar-refractivity contribution in [3.05, 3.63) is 54.1 Å². The molecule has 0 saturated carbocycles. The summed E-state index contributed by atoms with van der Waals surface area (Å²) in [5, 5.41) is 74.7. The molecule has 190 valence electrons. The van der Waals surface area contributed by atoms with Gasteiger partial charge in [-0.25, -0.2) is 4.99 Å². The van der Waals surface area contributed by atoms with Gasteiger partial charge in [0.25, 0.3) is 5.91 Å². The molecule has 1 saturated heterocycles. The molecule has 2 aliphatic rings. The third-order valence-corrected chi connectivity index (χ3v) is 6.91. The van der Waals surface area contributed by atoms with Crippen LogP contribution in [0.1, 0.15) is 5.56 Å². The first-order valence-electron chi connectivity index (χ1n) is 10.5. The number of ether oxygens (including phenoxy) is 1. The molecule has 2 aromatic rings. The molecule has 0 spiro atoms. The number of para-hydroxylation sites is 1. The second kappa shape index (κ2) is 9.04. The van der Waals surface area contributed by atoms with Gasteiger partial charge in [0, 0.05) is 21.9 Å². The molecule has 0 radical (unpaired) electrons. The van der Waals surface area contributed by atoms with Crippen molar-refractivity contribution in [2.75, 3.05) is 26.4 Å². The minimum absolute atomic E-state index is 0.0692. The molecular weight excluding hydrogens is 482 g/mol. The van der Waals surface area contributed by atoms with Crippen molar-refractivity contribution >= 4 is 23.3 Å². The van der Waals surface area contributed by atoms with Crippen LogP contribution in [0.25, 0.3) is 0 Å². The smallest absolute Gasteiger partial charge is 0.324 e. The van der Waals surface area contributed by atoms with E-state index in [2.05, 4.69) is 4.99 Å². The number of piperazine rings is 1. The Bertz CT molecular complexity index is 1100. The predicted molar refractivity (Wildman–Crippen MR) is 122 cm³/mol. The van der Waals surface area contributed by atoms with Crippen LogP contribution in [0.2, 0.25) is 0 Å². The Balaban J connectivity index is 1.89. The number of benzene rings is 2. The maximum atomic E-state index is 11.1. The Kier molecular flexibility index (Phi) is 6.69. The molecule has 0 aromatic heterocycles. The van der Waals surface area contributed by atoms with Gasteiger partial charge >= 0.3 is 11.8 Å². The van der Waals surface area contributed by atoms with Crippen LogP contribution in [-0.4, -0.2) is 101 Å². The highest BCUT2D eigenvalue weighted by Gasteiger charge is 2.75. The van der Waals surface area contributed by atoms with E-state index in [1.54, 1.807) is 48.5 Å². The summed E-state index contributed by atoms with van der Waals surface area (Å²) in [6.45, 7) is -1.56. The molecule has 2 heterocycles. The van der Waals surface area contributed by atoms with Gasteiger partial charge in [0.1, 0.15) is 5.84 Å². The van der Waals surface area contributed by atoms with Gasteiger partial charge in [-0.1, -0.05) is 42.1 Å². The molecule has 35 heavy (non-hydrogen) atoms. The zero-order chi connectivity index (χ0) is 25.6. The lowest BCUT2D eigenvalue weighted by Crippen LogP contribution is -2.95. The van der Waals surface area contributed by atoms with Crippen LogP contribution in [0.5, 0.6) is 0 Å². The van der Waals surface area contributed by atoms with E-state index in [9.17, 15) is 30.6 Å². The molecule has 14 heteroatoms. The zero-order valence-corrected chi connectivity index (χ0v) is 19.2. The molecular formula is C21H27N5O8S. The molecule has 1 fully saturated rings. The van der Waals surface area contributed by atoms with Gasteiger partial charge in [-0.3, -0.25) is 16.4 Å².